The second-order valence-electron chi connectivity index (χ2n) is 4.60. The molecule has 1 aromatic rings. The Morgan fingerprint density at radius 1 is 1.53 bits per heavy atom. The monoisotopic (exact) mass is 264 g/mol. The van der Waals surface area contributed by atoms with Crippen LogP contribution in [0.4, 0.5) is 0 Å². The maximum absolute atomic E-state index is 11.6. The van der Waals surface area contributed by atoms with Crippen molar-refractivity contribution in [3.8, 4) is 11.5 Å². The first-order chi connectivity index (χ1) is 9.15. The van der Waals surface area contributed by atoms with Gasteiger partial charge in [-0.2, -0.15) is 0 Å². The molecule has 0 saturated heterocycles. The molecule has 104 valence electrons. The molecule has 2 N–H and O–H groups in total. The Labute approximate surface area is 113 Å². The van der Waals surface area contributed by atoms with E-state index in [1.165, 1.54) is 0 Å². The lowest BCUT2D eigenvalue weighted by atomic mass is 9.99. The molecule has 0 bridgehead atoms. The van der Waals surface area contributed by atoms with E-state index in [0.717, 1.165) is 23.5 Å². The highest BCUT2D eigenvalue weighted by Crippen LogP contribution is 2.34. The molecule has 1 aliphatic heterocycles. The van der Waals surface area contributed by atoms with Crippen molar-refractivity contribution in [1.29, 1.82) is 0 Å². The first-order valence-corrected chi connectivity index (χ1v) is 6.44. The summed E-state index contributed by atoms with van der Waals surface area (Å²) in [6, 6.07) is 5.61. The van der Waals surface area contributed by atoms with E-state index in [9.17, 15) is 4.79 Å². The average molecular weight is 264 g/mol. The summed E-state index contributed by atoms with van der Waals surface area (Å²) in [5.41, 5.74) is 1.04. The van der Waals surface area contributed by atoms with Gasteiger partial charge in [0.15, 0.2) is 0 Å². The van der Waals surface area contributed by atoms with Gasteiger partial charge in [-0.15, -0.1) is 0 Å². The molecule has 1 aromatic carbocycles. The number of nitrogens with one attached hydrogen (secondary N) is 2. The maximum Gasteiger partial charge on any atom is 0.236 e. The summed E-state index contributed by atoms with van der Waals surface area (Å²) in [6.45, 7) is 2.51. The van der Waals surface area contributed by atoms with Crippen molar-refractivity contribution < 1.29 is 14.3 Å². The van der Waals surface area contributed by atoms with Crippen LogP contribution in [0.1, 0.15) is 24.9 Å². The Kier molecular flexibility index (Phi) is 4.27. The van der Waals surface area contributed by atoms with Crippen LogP contribution in [0.25, 0.3) is 0 Å². The quantitative estimate of drug-likeness (QED) is 0.859. The highest BCUT2D eigenvalue weighted by molar-refractivity contribution is 5.81. The molecule has 1 aliphatic rings. The van der Waals surface area contributed by atoms with Crippen molar-refractivity contribution in [2.45, 2.75) is 25.4 Å². The highest BCUT2D eigenvalue weighted by atomic mass is 16.5. The van der Waals surface area contributed by atoms with E-state index in [0.29, 0.717) is 6.61 Å². The van der Waals surface area contributed by atoms with Crippen LogP contribution in [0.3, 0.4) is 0 Å². The van der Waals surface area contributed by atoms with Crippen molar-refractivity contribution in [3.63, 3.8) is 0 Å². The van der Waals surface area contributed by atoms with Gasteiger partial charge in [-0.05, 0) is 25.1 Å². The number of amides is 1. The normalized spacial score (nSPS) is 19.0. The minimum Gasteiger partial charge on any atom is -0.497 e. The predicted octanol–water partition coefficient (Wildman–Crippen LogP) is 1.24. The molecule has 0 fully saturated rings. The van der Waals surface area contributed by atoms with E-state index >= 15 is 0 Å². The van der Waals surface area contributed by atoms with Gasteiger partial charge >= 0.3 is 0 Å². The number of hydrogen-bond acceptors (Lipinski definition) is 4. The summed E-state index contributed by atoms with van der Waals surface area (Å²) in [7, 11) is 3.28. The van der Waals surface area contributed by atoms with E-state index < -0.39 is 0 Å². The minimum atomic E-state index is -0.243. The number of carbonyl (C=O) groups excluding carboxylic acids is 1. The van der Waals surface area contributed by atoms with Gasteiger partial charge in [0.25, 0.3) is 0 Å². The Hall–Kier alpha value is -1.75. The third-order valence-electron chi connectivity index (χ3n) is 3.35. The fraction of sp³-hybridized carbons (Fsp3) is 0.500. The molecule has 5 heteroatoms. The second-order valence-corrected chi connectivity index (χ2v) is 4.60. The van der Waals surface area contributed by atoms with Crippen LogP contribution in [0.2, 0.25) is 0 Å². The van der Waals surface area contributed by atoms with Crippen LogP contribution in [0.15, 0.2) is 18.2 Å². The molecule has 0 radical (unpaired) electrons. The summed E-state index contributed by atoms with van der Waals surface area (Å²) in [4.78, 5) is 11.6. The van der Waals surface area contributed by atoms with Gasteiger partial charge in [0.2, 0.25) is 5.91 Å². The first-order valence-electron chi connectivity index (χ1n) is 6.44. The lowest BCUT2D eigenvalue weighted by Crippen LogP contribution is -2.43. The molecule has 0 spiro atoms. The smallest absolute Gasteiger partial charge is 0.236 e. The largest absolute Gasteiger partial charge is 0.497 e. The third-order valence-corrected chi connectivity index (χ3v) is 3.35. The molecule has 0 saturated carbocycles. The zero-order chi connectivity index (χ0) is 13.8. The Bertz CT molecular complexity index is 462. The predicted molar refractivity (Wildman–Crippen MR) is 72.5 cm³/mol. The summed E-state index contributed by atoms with van der Waals surface area (Å²) in [5.74, 6) is 1.63. The maximum atomic E-state index is 11.6. The van der Waals surface area contributed by atoms with Crippen LogP contribution in [-0.4, -0.2) is 32.7 Å². The minimum absolute atomic E-state index is 0.0177. The molecule has 2 rings (SSSR count). The molecule has 5 nitrogen and oxygen atoms in total. The van der Waals surface area contributed by atoms with E-state index in [4.69, 9.17) is 9.47 Å². The number of hydrogen-bond donors (Lipinski definition) is 2. The Morgan fingerprint density at radius 3 is 3.00 bits per heavy atom. The van der Waals surface area contributed by atoms with Crippen molar-refractivity contribution in [2.75, 3.05) is 20.8 Å². The van der Waals surface area contributed by atoms with Crippen molar-refractivity contribution >= 4 is 5.91 Å². The van der Waals surface area contributed by atoms with Crippen LogP contribution in [0.5, 0.6) is 11.5 Å². The Morgan fingerprint density at radius 2 is 2.32 bits per heavy atom. The van der Waals surface area contributed by atoms with Crippen LogP contribution in [0, 0.1) is 0 Å². The molecule has 2 atom stereocenters. The number of likely N-dealkylation sites (N-methyl/N-ethyl adjacent to an activating group) is 1. The van der Waals surface area contributed by atoms with Gasteiger partial charge in [-0.3, -0.25) is 10.1 Å². The van der Waals surface area contributed by atoms with Crippen molar-refractivity contribution in [3.05, 3.63) is 23.8 Å². The standard InChI is InChI=1S/C14H20N2O3/c1-9(14(17)15-2)16-12-6-7-19-13-5-4-10(18-3)8-11(12)13/h4-5,8-9,12,16H,6-7H2,1-3H3,(H,15,17). The third kappa shape index (κ3) is 2.98. The van der Waals surface area contributed by atoms with E-state index in [2.05, 4.69) is 10.6 Å². The highest BCUT2D eigenvalue weighted by Gasteiger charge is 2.25. The van der Waals surface area contributed by atoms with Crippen LogP contribution >= 0.6 is 0 Å². The number of carbonyl (C=O) groups is 1. The molecule has 1 amide bonds. The summed E-state index contributed by atoms with van der Waals surface area (Å²) in [5, 5.41) is 5.97. The SMILES string of the molecule is CNC(=O)C(C)NC1CCOc2ccc(OC)cc21. The van der Waals surface area contributed by atoms with Crippen LogP contribution < -0.4 is 20.1 Å². The zero-order valence-electron chi connectivity index (χ0n) is 11.5. The first kappa shape index (κ1) is 13.7. The molecular weight excluding hydrogens is 244 g/mol. The molecule has 0 aliphatic carbocycles. The number of rotatable bonds is 4. The van der Waals surface area contributed by atoms with Gasteiger partial charge in [-0.1, -0.05) is 0 Å². The zero-order valence-corrected chi connectivity index (χ0v) is 11.5. The van der Waals surface area contributed by atoms with Crippen LogP contribution in [-0.2, 0) is 4.79 Å². The van der Waals surface area contributed by atoms with Gasteiger partial charge in [0.1, 0.15) is 11.5 Å². The Balaban J connectivity index is 2.18. The lowest BCUT2D eigenvalue weighted by molar-refractivity contribution is -0.122. The molecule has 2 unspecified atom stereocenters. The van der Waals surface area contributed by atoms with Gasteiger partial charge < -0.3 is 14.8 Å². The number of methoxy groups -OCH3 is 1. The summed E-state index contributed by atoms with van der Waals surface area (Å²) >= 11 is 0. The fourth-order valence-corrected chi connectivity index (χ4v) is 2.27. The van der Waals surface area contributed by atoms with Crippen molar-refractivity contribution in [2.24, 2.45) is 0 Å². The second kappa shape index (κ2) is 5.93. The number of fused-ring (bicyclic) bond motifs is 1. The molecule has 19 heavy (non-hydrogen) atoms. The molecule has 0 aromatic heterocycles. The van der Waals surface area contributed by atoms with E-state index in [-0.39, 0.29) is 18.0 Å². The topological polar surface area (TPSA) is 59.6 Å². The van der Waals surface area contributed by atoms with Crippen molar-refractivity contribution in [1.82, 2.24) is 10.6 Å². The fourth-order valence-electron chi connectivity index (χ4n) is 2.27. The van der Waals surface area contributed by atoms with Gasteiger partial charge in [-0.25, -0.2) is 0 Å². The average Bonchev–Trinajstić information content (AvgIpc) is 2.46. The summed E-state index contributed by atoms with van der Waals surface area (Å²) in [6.07, 6.45) is 0.835. The molecule has 1 heterocycles. The number of ether oxygens (including phenoxy) is 2. The van der Waals surface area contributed by atoms with E-state index in [1.54, 1.807) is 14.2 Å². The van der Waals surface area contributed by atoms with Gasteiger partial charge in [0, 0.05) is 25.1 Å². The summed E-state index contributed by atoms with van der Waals surface area (Å²) < 4.78 is 10.9. The van der Waals surface area contributed by atoms with E-state index in [1.807, 2.05) is 25.1 Å². The molecular formula is C14H20N2O3. The van der Waals surface area contributed by atoms with Gasteiger partial charge in [0.05, 0.1) is 19.8 Å². The lowest BCUT2D eigenvalue weighted by Gasteiger charge is -2.29. The number of benzene rings is 1.